The minimum absolute atomic E-state index is 0.643. The van der Waals surface area contributed by atoms with Gasteiger partial charge in [-0.05, 0) is 182 Å². The molecule has 26 aromatic rings. The average molecular weight is 1650 g/mol. The maximum absolute atomic E-state index is 5.16. The summed E-state index contributed by atoms with van der Waals surface area (Å²) in [4.78, 5) is 44.8. The number of hydrogen-bond acceptors (Lipinski definition) is 9. The van der Waals surface area contributed by atoms with E-state index < -0.39 is 0 Å². The molecule has 0 unspecified atom stereocenters. The van der Waals surface area contributed by atoms with E-state index in [4.69, 9.17) is 44.9 Å². The van der Waals surface area contributed by atoms with Gasteiger partial charge in [0.1, 0.15) is 0 Å². The fraction of sp³-hybridized carbons (Fsp3) is 0. The molecule has 0 spiro atoms. The molecule has 3 heterocycles. The van der Waals surface area contributed by atoms with E-state index in [0.717, 1.165) is 77.2 Å². The van der Waals surface area contributed by atoms with Crippen LogP contribution in [0.25, 0.3) is 254 Å². The minimum Gasteiger partial charge on any atom is -0.208 e. The van der Waals surface area contributed by atoms with Crippen molar-refractivity contribution in [3.8, 4) is 114 Å². The predicted molar refractivity (Wildman–Crippen MR) is 541 cm³/mol. The molecule has 0 aliphatic carbocycles. The van der Waals surface area contributed by atoms with Crippen LogP contribution in [-0.2, 0) is 0 Å². The molecule has 0 N–H and O–H groups in total. The Morgan fingerprint density at radius 2 is 0.238 bits per heavy atom. The molecular formula is C121H75N9. The highest BCUT2D eigenvalue weighted by molar-refractivity contribution is 6.21. The van der Waals surface area contributed by atoms with Gasteiger partial charge in [-0.2, -0.15) is 0 Å². The second-order valence-electron chi connectivity index (χ2n) is 33.1. The molecule has 3 aromatic heterocycles. The molecule has 26 rings (SSSR count). The second-order valence-corrected chi connectivity index (χ2v) is 33.1. The van der Waals surface area contributed by atoms with Crippen LogP contribution in [-0.4, -0.2) is 44.9 Å². The van der Waals surface area contributed by atoms with Crippen molar-refractivity contribution < 1.29 is 0 Å². The summed E-state index contributed by atoms with van der Waals surface area (Å²) in [5.41, 5.74) is 11.0. The molecule has 604 valence electrons. The van der Waals surface area contributed by atoms with Crippen molar-refractivity contribution in [2.24, 2.45) is 0 Å². The van der Waals surface area contributed by atoms with Gasteiger partial charge in [0.25, 0.3) is 0 Å². The third-order valence-electron chi connectivity index (χ3n) is 25.3. The number of benzene rings is 23. The molecule has 0 aliphatic rings. The Morgan fingerprint density at radius 1 is 0.0846 bits per heavy atom. The molecule has 0 saturated heterocycles. The van der Waals surface area contributed by atoms with Crippen LogP contribution >= 0.6 is 0 Å². The van der Waals surface area contributed by atoms with Crippen LogP contribution < -0.4 is 0 Å². The Hall–Kier alpha value is -17.5. The summed E-state index contributed by atoms with van der Waals surface area (Å²) in [5, 5.41) is 32.0. The Balaban J connectivity index is 0.000000111. The van der Waals surface area contributed by atoms with E-state index >= 15 is 0 Å². The van der Waals surface area contributed by atoms with Gasteiger partial charge >= 0.3 is 0 Å². The van der Waals surface area contributed by atoms with Gasteiger partial charge in [-0.25, -0.2) is 44.9 Å². The molecule has 0 saturated carbocycles. The molecule has 9 nitrogen and oxygen atoms in total. The zero-order valence-corrected chi connectivity index (χ0v) is 70.3. The van der Waals surface area contributed by atoms with E-state index in [1.54, 1.807) is 0 Å². The summed E-state index contributed by atoms with van der Waals surface area (Å²) in [6.45, 7) is 0. The maximum atomic E-state index is 5.16. The molecule has 0 fully saturated rings. The zero-order chi connectivity index (χ0) is 86.0. The molecule has 0 amide bonds. The Bertz CT molecular complexity index is 8750. The van der Waals surface area contributed by atoms with Crippen molar-refractivity contribution in [2.75, 3.05) is 0 Å². The van der Waals surface area contributed by atoms with Gasteiger partial charge in [0.05, 0.1) is 0 Å². The van der Waals surface area contributed by atoms with Crippen molar-refractivity contribution in [1.82, 2.24) is 44.9 Å². The number of aromatic nitrogens is 9. The Kier molecular flexibility index (Phi) is 19.1. The number of rotatable bonds is 10. The molecule has 0 aliphatic heterocycles. The van der Waals surface area contributed by atoms with Crippen molar-refractivity contribution >= 4 is 140 Å². The quantitative estimate of drug-likeness (QED) is 0.123. The number of hydrogen-bond donors (Lipinski definition) is 0. The highest BCUT2D eigenvalue weighted by Crippen LogP contribution is 2.41. The minimum atomic E-state index is 0.643. The average Bonchev–Trinajstić information content (AvgIpc) is 0.762. The highest BCUT2D eigenvalue weighted by Gasteiger charge is 2.21. The summed E-state index contributed by atoms with van der Waals surface area (Å²) in [7, 11) is 0. The molecule has 0 atom stereocenters. The third kappa shape index (κ3) is 14.3. The molecule has 130 heavy (non-hydrogen) atoms. The fourth-order valence-corrected chi connectivity index (χ4v) is 18.7. The van der Waals surface area contributed by atoms with Crippen molar-refractivity contribution in [1.29, 1.82) is 0 Å². The number of nitrogens with zero attached hydrogens (tertiary/aromatic N) is 9. The summed E-state index contributed by atoms with van der Waals surface area (Å²) in [6.07, 6.45) is 0. The second kappa shape index (κ2) is 32.5. The first-order chi connectivity index (χ1) is 64.4. The molecule has 23 aromatic carbocycles. The summed E-state index contributed by atoms with van der Waals surface area (Å²) < 4.78 is 0. The molecule has 0 radical (unpaired) electrons. The van der Waals surface area contributed by atoms with Crippen molar-refractivity contribution in [3.63, 3.8) is 0 Å². The number of fused-ring (bicyclic) bond motifs is 21. The van der Waals surface area contributed by atoms with Gasteiger partial charge in [-0.3, -0.25) is 0 Å². The van der Waals surface area contributed by atoms with Gasteiger partial charge in [0, 0.05) is 50.1 Å². The predicted octanol–water partition coefficient (Wildman–Crippen LogP) is 31.3. The van der Waals surface area contributed by atoms with Crippen LogP contribution in [0.3, 0.4) is 0 Å². The van der Waals surface area contributed by atoms with Crippen LogP contribution in [0.15, 0.2) is 455 Å². The summed E-state index contributed by atoms with van der Waals surface area (Å²) >= 11 is 0. The third-order valence-corrected chi connectivity index (χ3v) is 25.3. The van der Waals surface area contributed by atoms with E-state index in [9.17, 15) is 0 Å². The normalized spacial score (nSPS) is 11.5. The van der Waals surface area contributed by atoms with Gasteiger partial charge < -0.3 is 0 Å². The Morgan fingerprint density at radius 3 is 0.515 bits per heavy atom. The lowest BCUT2D eigenvalue weighted by Gasteiger charge is -2.12. The van der Waals surface area contributed by atoms with E-state index in [0.29, 0.717) is 52.4 Å². The van der Waals surface area contributed by atoms with E-state index in [-0.39, 0.29) is 0 Å². The van der Waals surface area contributed by atoms with Gasteiger partial charge in [-0.1, -0.05) is 425 Å². The highest BCUT2D eigenvalue weighted by atomic mass is 15.1. The van der Waals surface area contributed by atoms with Crippen LogP contribution in [0, 0.1) is 0 Å². The molecule has 9 heteroatoms. The van der Waals surface area contributed by atoms with Gasteiger partial charge in [-0.15, -0.1) is 0 Å². The smallest absolute Gasteiger partial charge is 0.164 e. The van der Waals surface area contributed by atoms with E-state index in [1.165, 1.54) is 124 Å². The van der Waals surface area contributed by atoms with Crippen molar-refractivity contribution in [3.05, 3.63) is 455 Å². The van der Waals surface area contributed by atoms with Gasteiger partial charge in [0.2, 0.25) is 0 Å². The SMILES string of the molecule is c1ccc(-c2ccc(-c3nc(-c4ccc5c(ccc6c7ccccc7ccc56)c4)nc(-c4ccc5c(ccc6c7ccccc7ccc56)c4)n3)cc2)cc1.c1ccc(-c2nc(-c3ccc4ccccc4c3)nc(-c3ccc4c(ccc5c6ccccc6ccc45)c3)n2)cc1.c1ccc(-c2nc(-c3ccccc3)nc(-c3ccc4c(ccc5c6ccccc6ccc45)c3)n2)cc1. The first-order valence-corrected chi connectivity index (χ1v) is 43.9. The fourth-order valence-electron chi connectivity index (χ4n) is 18.7. The summed E-state index contributed by atoms with van der Waals surface area (Å²) in [6, 6.07) is 160. The first-order valence-electron chi connectivity index (χ1n) is 43.9. The largest absolute Gasteiger partial charge is 0.208 e. The summed E-state index contributed by atoms with van der Waals surface area (Å²) in [5.74, 6) is 5.94. The lowest BCUT2D eigenvalue weighted by molar-refractivity contribution is 1.07. The van der Waals surface area contributed by atoms with Crippen LogP contribution in [0.1, 0.15) is 0 Å². The lowest BCUT2D eigenvalue weighted by Crippen LogP contribution is -2.00. The van der Waals surface area contributed by atoms with Gasteiger partial charge in [0.15, 0.2) is 52.4 Å². The zero-order valence-electron chi connectivity index (χ0n) is 70.3. The van der Waals surface area contributed by atoms with Crippen LogP contribution in [0.4, 0.5) is 0 Å². The van der Waals surface area contributed by atoms with Crippen molar-refractivity contribution in [2.45, 2.75) is 0 Å². The lowest BCUT2D eigenvalue weighted by atomic mass is 9.96. The molecule has 0 bridgehead atoms. The topological polar surface area (TPSA) is 116 Å². The molecular weight excluding hydrogens is 1580 g/mol. The van der Waals surface area contributed by atoms with Crippen LogP contribution in [0.5, 0.6) is 0 Å². The monoisotopic (exact) mass is 1650 g/mol. The Labute approximate surface area is 748 Å². The van der Waals surface area contributed by atoms with Crippen LogP contribution in [0.2, 0.25) is 0 Å². The van der Waals surface area contributed by atoms with E-state index in [2.05, 4.69) is 358 Å². The first kappa shape index (κ1) is 76.1. The standard InChI is InChI=1S/C51H31N3.C37H23N3.C33H21N3/c1-2-8-32(9-3-1)33-14-16-36(17-15-33)49-52-50(39-22-24-43-37(30-39)20-28-45-41-12-6-4-10-34(41)18-26-47(43)45)54-51(53-49)40-23-25-44-38(31-40)21-29-46-42-13-7-5-11-35(42)19-27-48(44)46;1-2-10-26(11-3-1)35-38-36(29-15-14-24-8-4-5-12-27(24)22-29)40-37(39-35)30-18-19-32-28(23-30)17-21-33-31-13-7-6-9-25(31)16-20-34(32)33;1-3-10-23(11-4-1)31-34-32(24-12-5-2-6-13-24)36-33(35-31)26-17-18-28-25(21-26)16-20-29-27-14-8-7-9-22(27)15-19-30(28)29/h1-31H;1-23H;1-21H. The van der Waals surface area contributed by atoms with E-state index in [1.807, 2.05) is 97.1 Å². The maximum Gasteiger partial charge on any atom is 0.164 e.